The quantitative estimate of drug-likeness (QED) is 0.787. The Morgan fingerprint density at radius 1 is 1.32 bits per heavy atom. The van der Waals surface area contributed by atoms with Crippen LogP contribution in [0.3, 0.4) is 0 Å². The normalized spacial score (nSPS) is 20.7. The summed E-state index contributed by atoms with van der Waals surface area (Å²) in [6, 6.07) is 5.13. The summed E-state index contributed by atoms with van der Waals surface area (Å²) in [6.45, 7) is 4.76. The van der Waals surface area contributed by atoms with E-state index in [1.54, 1.807) is 18.2 Å². The van der Waals surface area contributed by atoms with E-state index < -0.39 is 0 Å². The molecule has 4 nitrogen and oxygen atoms in total. The number of hydrogen-bond donors (Lipinski definition) is 0. The molecule has 0 saturated heterocycles. The summed E-state index contributed by atoms with van der Waals surface area (Å²) in [6.07, 6.45) is 1.42. The summed E-state index contributed by atoms with van der Waals surface area (Å²) in [4.78, 5) is 24.1. The molecule has 0 spiro atoms. The van der Waals surface area contributed by atoms with Crippen LogP contribution in [0.15, 0.2) is 23.8 Å². The zero-order valence-corrected chi connectivity index (χ0v) is 13.1. The van der Waals surface area contributed by atoms with E-state index in [9.17, 15) is 9.59 Å². The van der Waals surface area contributed by atoms with Crippen LogP contribution in [0.2, 0.25) is 0 Å². The topological polar surface area (TPSA) is 52.6 Å². The number of methoxy groups -OCH3 is 1. The summed E-state index contributed by atoms with van der Waals surface area (Å²) >= 11 is 0. The Balaban J connectivity index is 2.04. The maximum absolute atomic E-state index is 12.4. The van der Waals surface area contributed by atoms with E-state index in [4.69, 9.17) is 9.47 Å². The molecule has 4 heteroatoms. The highest BCUT2D eigenvalue weighted by molar-refractivity contribution is 6.07. The molecule has 1 heterocycles. The van der Waals surface area contributed by atoms with Gasteiger partial charge in [-0.15, -0.1) is 0 Å². The SMILES string of the molecule is COC(=O)c1ccc2c(c1)C1=C(CC2=O)CC(C(C)C)OC1. The Labute approximate surface area is 130 Å². The van der Waals surface area contributed by atoms with Gasteiger partial charge in [0, 0.05) is 12.0 Å². The van der Waals surface area contributed by atoms with Gasteiger partial charge in [-0.2, -0.15) is 0 Å². The fraction of sp³-hybridized carbons (Fsp3) is 0.444. The van der Waals surface area contributed by atoms with Crippen LogP contribution >= 0.6 is 0 Å². The predicted octanol–water partition coefficient (Wildman–Crippen LogP) is 3.26. The van der Waals surface area contributed by atoms with E-state index in [0.29, 0.717) is 30.1 Å². The maximum Gasteiger partial charge on any atom is 0.337 e. The molecule has 0 amide bonds. The fourth-order valence-electron chi connectivity index (χ4n) is 3.16. The highest BCUT2D eigenvalue weighted by Gasteiger charge is 2.31. The summed E-state index contributed by atoms with van der Waals surface area (Å²) < 4.78 is 10.7. The van der Waals surface area contributed by atoms with Gasteiger partial charge in [-0.05, 0) is 41.7 Å². The molecule has 1 atom stereocenters. The van der Waals surface area contributed by atoms with Crippen molar-refractivity contribution in [1.29, 1.82) is 0 Å². The highest BCUT2D eigenvalue weighted by Crippen LogP contribution is 2.38. The van der Waals surface area contributed by atoms with Gasteiger partial charge in [-0.3, -0.25) is 4.79 Å². The Bertz CT molecular complexity index is 670. The van der Waals surface area contributed by atoms with Gasteiger partial charge < -0.3 is 9.47 Å². The van der Waals surface area contributed by atoms with E-state index >= 15 is 0 Å². The van der Waals surface area contributed by atoms with Crippen molar-refractivity contribution in [3.63, 3.8) is 0 Å². The average Bonchev–Trinajstić information content (AvgIpc) is 2.53. The Morgan fingerprint density at radius 3 is 2.77 bits per heavy atom. The minimum Gasteiger partial charge on any atom is -0.465 e. The van der Waals surface area contributed by atoms with Crippen molar-refractivity contribution in [2.24, 2.45) is 5.92 Å². The average molecular weight is 300 g/mol. The minimum atomic E-state index is -0.389. The number of esters is 1. The van der Waals surface area contributed by atoms with Crippen molar-refractivity contribution < 1.29 is 19.1 Å². The fourth-order valence-corrected chi connectivity index (χ4v) is 3.16. The van der Waals surface area contributed by atoms with Crippen LogP contribution in [0, 0.1) is 5.92 Å². The van der Waals surface area contributed by atoms with Gasteiger partial charge >= 0.3 is 5.97 Å². The van der Waals surface area contributed by atoms with E-state index in [-0.39, 0.29) is 17.9 Å². The summed E-state index contributed by atoms with van der Waals surface area (Å²) in [5, 5.41) is 0. The first-order chi connectivity index (χ1) is 10.5. The number of ketones is 1. The van der Waals surface area contributed by atoms with E-state index in [0.717, 1.165) is 23.1 Å². The van der Waals surface area contributed by atoms with Crippen molar-refractivity contribution in [2.75, 3.05) is 13.7 Å². The molecule has 0 bridgehead atoms. The van der Waals surface area contributed by atoms with Gasteiger partial charge in [0.05, 0.1) is 25.4 Å². The zero-order valence-electron chi connectivity index (χ0n) is 13.1. The summed E-state index contributed by atoms with van der Waals surface area (Å²) in [5.41, 5.74) is 4.20. The first kappa shape index (κ1) is 15.0. The standard InChI is InChI=1S/C18H20O4/c1-10(2)17-8-12-7-16(19)13-5-4-11(18(20)21-3)6-14(13)15(12)9-22-17/h4-6,10,17H,7-9H2,1-3H3. The van der Waals surface area contributed by atoms with Crippen LogP contribution in [0.25, 0.3) is 5.57 Å². The molecule has 1 aliphatic carbocycles. The van der Waals surface area contributed by atoms with Crippen molar-refractivity contribution in [3.8, 4) is 0 Å². The van der Waals surface area contributed by atoms with Crippen LogP contribution in [0.5, 0.6) is 0 Å². The monoisotopic (exact) mass is 300 g/mol. The number of hydrogen-bond acceptors (Lipinski definition) is 4. The van der Waals surface area contributed by atoms with E-state index in [2.05, 4.69) is 13.8 Å². The molecule has 1 aromatic carbocycles. The predicted molar refractivity (Wildman–Crippen MR) is 82.8 cm³/mol. The van der Waals surface area contributed by atoms with Crippen molar-refractivity contribution in [2.45, 2.75) is 32.8 Å². The van der Waals surface area contributed by atoms with E-state index in [1.165, 1.54) is 7.11 Å². The van der Waals surface area contributed by atoms with E-state index in [1.807, 2.05) is 0 Å². The van der Waals surface area contributed by atoms with Crippen molar-refractivity contribution >= 4 is 17.3 Å². The lowest BCUT2D eigenvalue weighted by atomic mass is 9.80. The molecule has 1 aliphatic heterocycles. The number of fused-ring (bicyclic) bond motifs is 2. The molecule has 3 rings (SSSR count). The first-order valence-electron chi connectivity index (χ1n) is 7.59. The second kappa shape index (κ2) is 5.69. The minimum absolute atomic E-state index is 0.120. The molecule has 0 aromatic heterocycles. The third kappa shape index (κ3) is 2.48. The Morgan fingerprint density at radius 2 is 2.09 bits per heavy atom. The van der Waals surface area contributed by atoms with Gasteiger partial charge in [-0.1, -0.05) is 19.4 Å². The van der Waals surface area contributed by atoms with Crippen LogP contribution < -0.4 is 0 Å². The van der Waals surface area contributed by atoms with Gasteiger partial charge in [0.2, 0.25) is 0 Å². The molecule has 22 heavy (non-hydrogen) atoms. The third-order valence-electron chi connectivity index (χ3n) is 4.50. The number of carbonyl (C=O) groups excluding carboxylic acids is 2. The molecule has 0 fully saturated rings. The maximum atomic E-state index is 12.4. The number of benzene rings is 1. The lowest BCUT2D eigenvalue weighted by molar-refractivity contribution is 0.0350. The summed E-state index contributed by atoms with van der Waals surface area (Å²) in [5.74, 6) is 0.154. The van der Waals surface area contributed by atoms with Crippen LogP contribution in [-0.2, 0) is 9.47 Å². The van der Waals surface area contributed by atoms with Gasteiger partial charge in [-0.25, -0.2) is 4.79 Å². The van der Waals surface area contributed by atoms with Crippen LogP contribution in [0.1, 0.15) is 53.0 Å². The van der Waals surface area contributed by atoms with Gasteiger partial charge in [0.25, 0.3) is 0 Å². The molecule has 0 radical (unpaired) electrons. The zero-order chi connectivity index (χ0) is 15.9. The Hall–Kier alpha value is -1.94. The number of rotatable bonds is 2. The number of ether oxygens (including phenoxy) is 2. The smallest absolute Gasteiger partial charge is 0.337 e. The molecule has 116 valence electrons. The lowest BCUT2D eigenvalue weighted by Gasteiger charge is -2.33. The third-order valence-corrected chi connectivity index (χ3v) is 4.50. The summed E-state index contributed by atoms with van der Waals surface area (Å²) in [7, 11) is 1.36. The van der Waals surface area contributed by atoms with Crippen molar-refractivity contribution in [1.82, 2.24) is 0 Å². The molecule has 0 N–H and O–H groups in total. The molecule has 1 unspecified atom stereocenters. The van der Waals surface area contributed by atoms with Crippen molar-refractivity contribution in [3.05, 3.63) is 40.5 Å². The highest BCUT2D eigenvalue weighted by atomic mass is 16.5. The molecule has 1 aromatic rings. The molecular formula is C18H20O4. The molecule has 0 saturated carbocycles. The Kier molecular flexibility index (Phi) is 3.87. The first-order valence-corrected chi connectivity index (χ1v) is 7.59. The van der Waals surface area contributed by atoms with Gasteiger partial charge in [0.15, 0.2) is 5.78 Å². The largest absolute Gasteiger partial charge is 0.465 e. The second-order valence-electron chi connectivity index (χ2n) is 6.23. The molecular weight excluding hydrogens is 280 g/mol. The number of carbonyl (C=O) groups is 2. The van der Waals surface area contributed by atoms with Crippen LogP contribution in [0.4, 0.5) is 0 Å². The lowest BCUT2D eigenvalue weighted by Crippen LogP contribution is -2.29. The molecule has 2 aliphatic rings. The van der Waals surface area contributed by atoms with Gasteiger partial charge in [0.1, 0.15) is 0 Å². The van der Waals surface area contributed by atoms with Crippen LogP contribution in [-0.4, -0.2) is 31.6 Å². The number of Topliss-reactive ketones (excluding diaryl/α,β-unsaturated/α-hetero) is 1. The second-order valence-corrected chi connectivity index (χ2v) is 6.23.